The van der Waals surface area contributed by atoms with Crippen LogP contribution in [0.5, 0.6) is 5.75 Å². The topological polar surface area (TPSA) is 46.6 Å². The van der Waals surface area contributed by atoms with Crippen molar-refractivity contribution in [3.8, 4) is 5.75 Å². The zero-order valence-electron chi connectivity index (χ0n) is 16.6. The molecule has 0 N–H and O–H groups in total. The first kappa shape index (κ1) is 22.7. The van der Waals surface area contributed by atoms with Crippen LogP contribution in [0.3, 0.4) is 0 Å². The quantitative estimate of drug-likeness (QED) is 0.327. The van der Waals surface area contributed by atoms with Crippen LogP contribution in [-0.4, -0.2) is 16.0 Å². The molecule has 162 valence electrons. The molecule has 1 heterocycles. The van der Waals surface area contributed by atoms with E-state index in [1.807, 2.05) is 48.5 Å². The molecule has 4 nitrogen and oxygen atoms in total. The third-order valence-corrected chi connectivity index (χ3v) is 6.62. The summed E-state index contributed by atoms with van der Waals surface area (Å²) in [5.41, 5.74) is 2.33. The fourth-order valence-corrected chi connectivity index (χ4v) is 4.52. The summed E-state index contributed by atoms with van der Waals surface area (Å²) in [5, 5.41) is 1.14. The molecule has 2 amide bonds. The lowest BCUT2D eigenvalue weighted by molar-refractivity contribution is -0.123. The average molecular weight is 505 g/mol. The second-order valence-electron chi connectivity index (χ2n) is 6.95. The van der Waals surface area contributed by atoms with Crippen molar-refractivity contribution < 1.29 is 14.3 Å². The first-order chi connectivity index (χ1) is 15.4. The van der Waals surface area contributed by atoms with Crippen LogP contribution in [0, 0.1) is 0 Å². The van der Waals surface area contributed by atoms with Crippen molar-refractivity contribution in [2.45, 2.75) is 13.2 Å². The number of imide groups is 1. The van der Waals surface area contributed by atoms with Gasteiger partial charge >= 0.3 is 0 Å². The van der Waals surface area contributed by atoms with E-state index in [1.54, 1.807) is 24.3 Å². The maximum Gasteiger partial charge on any atom is 0.293 e. The number of ether oxygens (including phenoxy) is 1. The van der Waals surface area contributed by atoms with E-state index in [-0.39, 0.29) is 17.7 Å². The number of hydrogen-bond donors (Lipinski definition) is 0. The van der Waals surface area contributed by atoms with E-state index >= 15 is 0 Å². The Bertz CT molecular complexity index is 1170. The molecule has 0 saturated carbocycles. The van der Waals surface area contributed by atoms with Crippen LogP contribution in [-0.2, 0) is 17.9 Å². The molecule has 0 spiro atoms. The molecule has 1 fully saturated rings. The predicted octanol–water partition coefficient (Wildman–Crippen LogP) is 7.46. The molecule has 3 aromatic carbocycles. The number of hydrogen-bond acceptors (Lipinski definition) is 4. The molecule has 3 aromatic rings. The van der Waals surface area contributed by atoms with E-state index in [9.17, 15) is 9.59 Å². The Morgan fingerprint density at radius 3 is 2.19 bits per heavy atom. The smallest absolute Gasteiger partial charge is 0.293 e. The Balaban J connectivity index is 1.42. The number of halogens is 3. The van der Waals surface area contributed by atoms with Crippen LogP contribution < -0.4 is 4.74 Å². The van der Waals surface area contributed by atoms with Crippen molar-refractivity contribution in [3.63, 3.8) is 0 Å². The molecule has 1 aliphatic heterocycles. The van der Waals surface area contributed by atoms with Gasteiger partial charge in [0.25, 0.3) is 11.1 Å². The molecule has 1 aliphatic rings. The zero-order valence-corrected chi connectivity index (χ0v) is 19.6. The maximum atomic E-state index is 12.8. The zero-order chi connectivity index (χ0) is 22.7. The normalized spacial score (nSPS) is 15.0. The van der Waals surface area contributed by atoms with Gasteiger partial charge in [-0.2, -0.15) is 0 Å². The Labute approximate surface area is 204 Å². The van der Waals surface area contributed by atoms with Crippen molar-refractivity contribution >= 4 is 63.8 Å². The summed E-state index contributed by atoms with van der Waals surface area (Å²) in [6.45, 7) is 0.442. The minimum Gasteiger partial charge on any atom is -0.489 e. The second-order valence-corrected chi connectivity index (χ2v) is 9.20. The number of nitrogens with zero attached hydrogens (tertiary/aromatic N) is 1. The molecule has 8 heteroatoms. The standard InChI is InChI=1S/C24H16Cl3NO3S/c25-17-8-4-16(5-9-17)14-31-18-10-6-15(7-11-18)12-22-23(29)28(24(30)32-22)13-19-20(26)2-1-3-21(19)27/h1-12H,13-14H2. The van der Waals surface area contributed by atoms with Gasteiger partial charge in [-0.15, -0.1) is 0 Å². The Hall–Kier alpha value is -2.44. The van der Waals surface area contributed by atoms with E-state index < -0.39 is 0 Å². The molecule has 32 heavy (non-hydrogen) atoms. The highest BCUT2D eigenvalue weighted by molar-refractivity contribution is 8.18. The SMILES string of the molecule is O=C1SC(=Cc2ccc(OCc3ccc(Cl)cc3)cc2)C(=O)N1Cc1c(Cl)cccc1Cl. The highest BCUT2D eigenvalue weighted by Crippen LogP contribution is 2.35. The number of rotatable bonds is 6. The lowest BCUT2D eigenvalue weighted by atomic mass is 10.2. The molecular weight excluding hydrogens is 489 g/mol. The Kier molecular flexibility index (Phi) is 7.11. The van der Waals surface area contributed by atoms with Gasteiger partial charge in [0.2, 0.25) is 0 Å². The highest BCUT2D eigenvalue weighted by atomic mass is 35.5. The number of carbonyl (C=O) groups excluding carboxylic acids is 2. The molecule has 0 radical (unpaired) electrons. The van der Waals surface area contributed by atoms with E-state index in [0.29, 0.717) is 37.9 Å². The van der Waals surface area contributed by atoms with Crippen molar-refractivity contribution in [2.24, 2.45) is 0 Å². The van der Waals surface area contributed by atoms with Crippen LogP contribution in [0.25, 0.3) is 6.08 Å². The molecule has 4 rings (SSSR count). The van der Waals surface area contributed by atoms with E-state index in [2.05, 4.69) is 0 Å². The van der Waals surface area contributed by atoms with Gasteiger partial charge < -0.3 is 4.74 Å². The van der Waals surface area contributed by atoms with Gasteiger partial charge in [0, 0.05) is 20.6 Å². The largest absolute Gasteiger partial charge is 0.489 e. The second kappa shape index (κ2) is 10.0. The van der Waals surface area contributed by atoms with Gasteiger partial charge in [0.1, 0.15) is 12.4 Å². The minimum absolute atomic E-state index is 0.0258. The van der Waals surface area contributed by atoms with E-state index in [0.717, 1.165) is 27.8 Å². The monoisotopic (exact) mass is 503 g/mol. The Morgan fingerprint density at radius 2 is 1.53 bits per heavy atom. The first-order valence-corrected chi connectivity index (χ1v) is 11.5. The average Bonchev–Trinajstić information content (AvgIpc) is 3.04. The predicted molar refractivity (Wildman–Crippen MR) is 130 cm³/mol. The van der Waals surface area contributed by atoms with Crippen LogP contribution in [0.1, 0.15) is 16.7 Å². The third kappa shape index (κ3) is 5.30. The number of carbonyl (C=O) groups is 2. The summed E-state index contributed by atoms with van der Waals surface area (Å²) in [5.74, 6) is 0.317. The number of amides is 2. The van der Waals surface area contributed by atoms with Gasteiger partial charge in [-0.25, -0.2) is 0 Å². The van der Waals surface area contributed by atoms with E-state index in [4.69, 9.17) is 39.5 Å². The van der Waals surface area contributed by atoms with Crippen molar-refractivity contribution in [1.82, 2.24) is 4.90 Å². The summed E-state index contributed by atoms with van der Waals surface area (Å²) < 4.78 is 5.78. The summed E-state index contributed by atoms with van der Waals surface area (Å²) >= 11 is 19.1. The third-order valence-electron chi connectivity index (χ3n) is 4.75. The van der Waals surface area contributed by atoms with Crippen molar-refractivity contribution in [1.29, 1.82) is 0 Å². The Morgan fingerprint density at radius 1 is 0.875 bits per heavy atom. The summed E-state index contributed by atoms with van der Waals surface area (Å²) in [6, 6.07) is 19.8. The number of thioether (sulfide) groups is 1. The summed E-state index contributed by atoms with van der Waals surface area (Å²) in [4.78, 5) is 26.7. The summed E-state index contributed by atoms with van der Waals surface area (Å²) in [7, 11) is 0. The molecule has 0 bridgehead atoms. The molecule has 0 atom stereocenters. The number of benzene rings is 3. The van der Waals surface area contributed by atoms with Gasteiger partial charge in [-0.05, 0) is 65.4 Å². The van der Waals surface area contributed by atoms with Gasteiger partial charge in [-0.3, -0.25) is 14.5 Å². The lowest BCUT2D eigenvalue weighted by Crippen LogP contribution is -2.27. The molecular formula is C24H16Cl3NO3S. The molecule has 1 saturated heterocycles. The van der Waals surface area contributed by atoms with Crippen LogP contribution >= 0.6 is 46.6 Å². The van der Waals surface area contributed by atoms with Crippen LogP contribution in [0.4, 0.5) is 4.79 Å². The fraction of sp³-hybridized carbons (Fsp3) is 0.0833. The molecule has 0 aromatic heterocycles. The lowest BCUT2D eigenvalue weighted by Gasteiger charge is -2.14. The minimum atomic E-state index is -0.376. The van der Waals surface area contributed by atoms with Gasteiger partial charge in [0.05, 0.1) is 11.4 Å². The van der Waals surface area contributed by atoms with Crippen molar-refractivity contribution in [3.05, 3.63) is 103 Å². The van der Waals surface area contributed by atoms with Crippen LogP contribution in [0.2, 0.25) is 15.1 Å². The van der Waals surface area contributed by atoms with E-state index in [1.165, 1.54) is 0 Å². The maximum absolute atomic E-state index is 12.8. The molecule has 0 aliphatic carbocycles. The van der Waals surface area contributed by atoms with Crippen LogP contribution in [0.15, 0.2) is 71.6 Å². The van der Waals surface area contributed by atoms with Gasteiger partial charge in [0.15, 0.2) is 0 Å². The summed E-state index contributed by atoms with van der Waals surface area (Å²) in [6.07, 6.45) is 1.68. The van der Waals surface area contributed by atoms with Crippen molar-refractivity contribution in [2.75, 3.05) is 0 Å². The molecule has 0 unspecified atom stereocenters. The highest BCUT2D eigenvalue weighted by Gasteiger charge is 2.35. The van der Waals surface area contributed by atoms with Gasteiger partial charge in [-0.1, -0.05) is 65.1 Å². The fourth-order valence-electron chi connectivity index (χ4n) is 3.04. The first-order valence-electron chi connectivity index (χ1n) is 9.56.